The van der Waals surface area contributed by atoms with Crippen molar-refractivity contribution in [3.05, 3.63) is 23.8 Å². The van der Waals surface area contributed by atoms with Crippen molar-refractivity contribution in [2.75, 3.05) is 0 Å². The van der Waals surface area contributed by atoms with Crippen molar-refractivity contribution < 1.29 is 0 Å². The van der Waals surface area contributed by atoms with E-state index in [1.54, 1.807) is 5.57 Å². The summed E-state index contributed by atoms with van der Waals surface area (Å²) in [6, 6.07) is 0. The predicted molar refractivity (Wildman–Crippen MR) is 59.9 cm³/mol. The van der Waals surface area contributed by atoms with Crippen molar-refractivity contribution in [3.63, 3.8) is 0 Å². The number of rotatable bonds is 5. The molecule has 2 saturated carbocycles. The fraction of sp³-hybridized carbons (Fsp3) is 0.714. The van der Waals surface area contributed by atoms with Gasteiger partial charge in [-0.3, -0.25) is 0 Å². The molecule has 0 aromatic carbocycles. The first-order valence-electron chi connectivity index (χ1n) is 6.08. The molecule has 0 nitrogen and oxygen atoms in total. The molecule has 2 fully saturated rings. The van der Waals surface area contributed by atoms with Crippen LogP contribution in [0.15, 0.2) is 23.8 Å². The Balaban J connectivity index is 1.38. The number of fused-ring (bicyclic) bond motifs is 1. The maximum Gasteiger partial charge on any atom is 0.0166 e. The Morgan fingerprint density at radius 1 is 1.57 bits per heavy atom. The van der Waals surface area contributed by atoms with Crippen LogP contribution < -0.4 is 0 Å². The third-order valence-corrected chi connectivity index (χ3v) is 4.00. The molecule has 0 radical (unpaired) electrons. The summed E-state index contributed by atoms with van der Waals surface area (Å²) < 4.78 is 0. The third kappa shape index (κ3) is 1.55. The Bertz CT molecular complexity index is 308. The van der Waals surface area contributed by atoms with Crippen molar-refractivity contribution in [2.24, 2.45) is 23.2 Å². The second-order valence-electron chi connectivity index (χ2n) is 5.92. The van der Waals surface area contributed by atoms with E-state index in [-0.39, 0.29) is 0 Å². The van der Waals surface area contributed by atoms with Gasteiger partial charge in [-0.25, -0.2) is 0 Å². The number of hydrogen-bond donors (Lipinski definition) is 0. The molecule has 0 heteroatoms. The lowest BCUT2D eigenvalue weighted by molar-refractivity contribution is 0.528. The molecule has 0 amide bonds. The van der Waals surface area contributed by atoms with Crippen molar-refractivity contribution >= 4 is 0 Å². The lowest BCUT2D eigenvalue weighted by Crippen LogP contribution is -1.89. The smallest absolute Gasteiger partial charge is 0.0166 e. The van der Waals surface area contributed by atoms with Crippen molar-refractivity contribution in [2.45, 2.75) is 39.5 Å². The van der Waals surface area contributed by atoms with E-state index < -0.39 is 0 Å². The van der Waals surface area contributed by atoms with Gasteiger partial charge in [0.25, 0.3) is 0 Å². The van der Waals surface area contributed by atoms with E-state index in [1.165, 1.54) is 25.7 Å². The van der Waals surface area contributed by atoms with Gasteiger partial charge in [0.2, 0.25) is 0 Å². The normalized spacial score (nSPS) is 42.6. The van der Waals surface area contributed by atoms with Gasteiger partial charge in [0.15, 0.2) is 0 Å². The van der Waals surface area contributed by atoms with Crippen LogP contribution in [0.4, 0.5) is 0 Å². The SMILES string of the molecule is CC(C)CC1CC1C=CCC12C=C1C2. The molecule has 3 aliphatic carbocycles. The van der Waals surface area contributed by atoms with Gasteiger partial charge in [0.1, 0.15) is 0 Å². The molecule has 3 atom stereocenters. The Morgan fingerprint density at radius 2 is 2.29 bits per heavy atom. The minimum atomic E-state index is 0.666. The van der Waals surface area contributed by atoms with E-state index in [2.05, 4.69) is 32.1 Å². The molecule has 0 aromatic heterocycles. The summed E-state index contributed by atoms with van der Waals surface area (Å²) in [7, 11) is 0. The van der Waals surface area contributed by atoms with Gasteiger partial charge < -0.3 is 0 Å². The second-order valence-corrected chi connectivity index (χ2v) is 5.92. The maximum atomic E-state index is 2.49. The quantitative estimate of drug-likeness (QED) is 0.573. The molecule has 76 valence electrons. The fourth-order valence-corrected chi connectivity index (χ4v) is 2.66. The van der Waals surface area contributed by atoms with Gasteiger partial charge in [-0.15, -0.1) is 0 Å². The lowest BCUT2D eigenvalue weighted by Gasteiger charge is -2.00. The minimum absolute atomic E-state index is 0.666. The Kier molecular flexibility index (Phi) is 1.72. The molecule has 0 bridgehead atoms. The molecular formula is C14H20. The number of allylic oxidation sites excluding steroid dienone is 4. The van der Waals surface area contributed by atoms with Crippen LogP contribution in [0, 0.1) is 23.2 Å². The van der Waals surface area contributed by atoms with E-state index in [9.17, 15) is 0 Å². The summed E-state index contributed by atoms with van der Waals surface area (Å²) in [4.78, 5) is 0. The topological polar surface area (TPSA) is 0 Å². The highest BCUT2D eigenvalue weighted by atomic mass is 14.6. The Morgan fingerprint density at radius 3 is 2.86 bits per heavy atom. The summed E-state index contributed by atoms with van der Waals surface area (Å²) in [5.41, 5.74) is 2.40. The van der Waals surface area contributed by atoms with Gasteiger partial charge >= 0.3 is 0 Å². The number of hydrogen-bond acceptors (Lipinski definition) is 0. The lowest BCUT2D eigenvalue weighted by atomic mass is 10.1. The van der Waals surface area contributed by atoms with Gasteiger partial charge in [-0.1, -0.05) is 37.6 Å². The summed E-state index contributed by atoms with van der Waals surface area (Å²) in [5, 5.41) is 0. The van der Waals surface area contributed by atoms with E-state index in [1.807, 2.05) is 0 Å². The zero-order valence-electron chi connectivity index (χ0n) is 9.29. The summed E-state index contributed by atoms with van der Waals surface area (Å²) in [5.74, 6) is 2.85. The van der Waals surface area contributed by atoms with Gasteiger partial charge in [-0.05, 0) is 43.4 Å². The molecule has 0 spiro atoms. The van der Waals surface area contributed by atoms with E-state index >= 15 is 0 Å². The molecule has 14 heavy (non-hydrogen) atoms. The largest absolute Gasteiger partial charge is 0.0870 e. The van der Waals surface area contributed by atoms with Crippen LogP contribution in [0.25, 0.3) is 0 Å². The zero-order valence-corrected chi connectivity index (χ0v) is 9.29. The second kappa shape index (κ2) is 2.74. The summed E-state index contributed by atoms with van der Waals surface area (Å²) in [6.45, 7) is 4.67. The molecular weight excluding hydrogens is 168 g/mol. The predicted octanol–water partition coefficient (Wildman–Crippen LogP) is 3.95. The molecule has 3 aliphatic rings. The first kappa shape index (κ1) is 8.76. The first-order chi connectivity index (χ1) is 6.70. The maximum absolute atomic E-state index is 2.49. The Hall–Kier alpha value is -0.520. The summed E-state index contributed by atoms with van der Waals surface area (Å²) in [6.07, 6.45) is 13.0. The fourth-order valence-electron chi connectivity index (χ4n) is 2.66. The summed E-state index contributed by atoms with van der Waals surface area (Å²) >= 11 is 0. The minimum Gasteiger partial charge on any atom is -0.0870 e. The monoisotopic (exact) mass is 188 g/mol. The highest BCUT2D eigenvalue weighted by molar-refractivity contribution is 5.56. The molecule has 0 saturated heterocycles. The van der Waals surface area contributed by atoms with E-state index in [4.69, 9.17) is 0 Å². The average Bonchev–Trinajstić information content (AvgIpc) is 2.86. The van der Waals surface area contributed by atoms with Crippen molar-refractivity contribution in [3.8, 4) is 0 Å². The molecule has 0 aliphatic heterocycles. The van der Waals surface area contributed by atoms with Gasteiger partial charge in [-0.2, -0.15) is 0 Å². The zero-order chi connectivity index (χ0) is 9.76. The molecule has 3 rings (SSSR count). The van der Waals surface area contributed by atoms with Crippen molar-refractivity contribution in [1.82, 2.24) is 0 Å². The third-order valence-electron chi connectivity index (χ3n) is 4.00. The van der Waals surface area contributed by atoms with Crippen LogP contribution in [0.1, 0.15) is 39.5 Å². The van der Waals surface area contributed by atoms with Gasteiger partial charge in [0, 0.05) is 5.41 Å². The van der Waals surface area contributed by atoms with Crippen LogP contribution in [0.2, 0.25) is 0 Å². The average molecular weight is 188 g/mol. The Labute approximate surface area is 87.1 Å². The van der Waals surface area contributed by atoms with Crippen LogP contribution in [-0.2, 0) is 0 Å². The van der Waals surface area contributed by atoms with Crippen LogP contribution in [0.5, 0.6) is 0 Å². The highest BCUT2D eigenvalue weighted by Gasteiger charge is 2.57. The standard InChI is InChI=1S/C14H20/c1-10(2)6-12-7-11(12)4-3-5-14-8-13(14)9-14/h3-4,8,10-12H,5-7,9H2,1-2H3. The molecule has 0 heterocycles. The molecule has 3 unspecified atom stereocenters. The van der Waals surface area contributed by atoms with Gasteiger partial charge in [0.05, 0.1) is 0 Å². The highest BCUT2D eigenvalue weighted by Crippen LogP contribution is 2.70. The van der Waals surface area contributed by atoms with Crippen LogP contribution in [-0.4, -0.2) is 0 Å². The molecule has 0 aromatic rings. The molecule has 0 N–H and O–H groups in total. The first-order valence-corrected chi connectivity index (χ1v) is 6.08. The van der Waals surface area contributed by atoms with E-state index in [0.29, 0.717) is 5.41 Å². The van der Waals surface area contributed by atoms with Crippen LogP contribution >= 0.6 is 0 Å². The van der Waals surface area contributed by atoms with Crippen LogP contribution in [0.3, 0.4) is 0 Å². The van der Waals surface area contributed by atoms with Crippen molar-refractivity contribution in [1.29, 1.82) is 0 Å². The van der Waals surface area contributed by atoms with E-state index in [0.717, 1.165) is 17.8 Å².